The van der Waals surface area contributed by atoms with Crippen molar-refractivity contribution < 1.29 is 0 Å². The first-order valence-corrected chi connectivity index (χ1v) is 4.58. The molecular formula is C10H17N. The predicted molar refractivity (Wildman–Crippen MR) is 48.3 cm³/mol. The van der Waals surface area contributed by atoms with Crippen LogP contribution in [0.4, 0.5) is 0 Å². The molecule has 1 heteroatoms. The molecular weight excluding hydrogens is 134 g/mol. The maximum Gasteiger partial charge on any atom is 0.0711 e. The zero-order valence-electron chi connectivity index (χ0n) is 7.34. The van der Waals surface area contributed by atoms with Gasteiger partial charge in [-0.3, -0.25) is 4.90 Å². The van der Waals surface area contributed by atoms with E-state index in [0.29, 0.717) is 6.04 Å². The van der Waals surface area contributed by atoms with E-state index in [1.807, 2.05) is 0 Å². The van der Waals surface area contributed by atoms with Crippen LogP contribution in [0.1, 0.15) is 32.6 Å². The van der Waals surface area contributed by atoms with Gasteiger partial charge in [0.05, 0.1) is 6.04 Å². The summed E-state index contributed by atoms with van der Waals surface area (Å²) in [5, 5.41) is 0. The molecule has 62 valence electrons. The van der Waals surface area contributed by atoms with Crippen LogP contribution in [0.25, 0.3) is 0 Å². The van der Waals surface area contributed by atoms with Gasteiger partial charge in [-0.15, -0.1) is 6.42 Å². The van der Waals surface area contributed by atoms with E-state index in [4.69, 9.17) is 6.42 Å². The Labute approximate surface area is 69.8 Å². The monoisotopic (exact) mass is 151 g/mol. The summed E-state index contributed by atoms with van der Waals surface area (Å²) in [7, 11) is 0. The molecule has 1 nitrogen and oxygen atoms in total. The molecule has 0 bridgehead atoms. The van der Waals surface area contributed by atoms with Gasteiger partial charge in [0, 0.05) is 0 Å². The van der Waals surface area contributed by atoms with Crippen molar-refractivity contribution in [1.29, 1.82) is 0 Å². The molecule has 0 spiro atoms. The smallest absolute Gasteiger partial charge is 0.0711 e. The highest BCUT2D eigenvalue weighted by atomic mass is 15.2. The maximum absolute atomic E-state index is 5.45. The third kappa shape index (κ3) is 2.24. The lowest BCUT2D eigenvalue weighted by Crippen LogP contribution is -2.31. The van der Waals surface area contributed by atoms with E-state index in [2.05, 4.69) is 17.7 Å². The Balaban J connectivity index is 2.35. The van der Waals surface area contributed by atoms with Gasteiger partial charge in [0.1, 0.15) is 0 Å². The number of rotatable bonds is 3. The average molecular weight is 151 g/mol. The predicted octanol–water partition coefficient (Wildman–Crippen LogP) is 1.88. The Morgan fingerprint density at radius 3 is 2.55 bits per heavy atom. The van der Waals surface area contributed by atoms with Crippen molar-refractivity contribution in [2.75, 3.05) is 13.1 Å². The highest BCUT2D eigenvalue weighted by molar-refractivity contribution is 5.00. The topological polar surface area (TPSA) is 3.24 Å². The highest BCUT2D eigenvalue weighted by Crippen LogP contribution is 2.14. The summed E-state index contributed by atoms with van der Waals surface area (Å²) in [6.45, 7) is 4.63. The third-order valence-electron chi connectivity index (χ3n) is 2.34. The van der Waals surface area contributed by atoms with E-state index in [1.54, 1.807) is 0 Å². The van der Waals surface area contributed by atoms with Gasteiger partial charge in [-0.05, 0) is 32.4 Å². The minimum atomic E-state index is 0.419. The molecule has 0 aromatic heterocycles. The molecule has 1 unspecified atom stereocenters. The molecule has 0 N–H and O–H groups in total. The van der Waals surface area contributed by atoms with Gasteiger partial charge in [0.25, 0.3) is 0 Å². The second kappa shape index (κ2) is 4.41. The normalized spacial score (nSPS) is 21.5. The zero-order valence-corrected chi connectivity index (χ0v) is 7.34. The fourth-order valence-corrected chi connectivity index (χ4v) is 1.70. The van der Waals surface area contributed by atoms with Crippen molar-refractivity contribution in [2.24, 2.45) is 0 Å². The fourth-order valence-electron chi connectivity index (χ4n) is 1.70. The van der Waals surface area contributed by atoms with Crippen molar-refractivity contribution in [3.8, 4) is 12.3 Å². The van der Waals surface area contributed by atoms with Crippen LogP contribution in [-0.2, 0) is 0 Å². The third-order valence-corrected chi connectivity index (χ3v) is 2.34. The summed E-state index contributed by atoms with van der Waals surface area (Å²) >= 11 is 0. The summed E-state index contributed by atoms with van der Waals surface area (Å²) in [6.07, 6.45) is 10.5. The molecule has 1 atom stereocenters. The van der Waals surface area contributed by atoms with Gasteiger partial charge in [0.15, 0.2) is 0 Å². The van der Waals surface area contributed by atoms with Crippen molar-refractivity contribution in [2.45, 2.75) is 38.6 Å². The molecule has 0 saturated carbocycles. The molecule has 1 aliphatic rings. The summed E-state index contributed by atoms with van der Waals surface area (Å²) in [5.41, 5.74) is 0. The summed E-state index contributed by atoms with van der Waals surface area (Å²) in [6, 6.07) is 0.419. The quantitative estimate of drug-likeness (QED) is 0.557. The molecule has 1 rings (SSSR count). The summed E-state index contributed by atoms with van der Waals surface area (Å²) < 4.78 is 0. The lowest BCUT2D eigenvalue weighted by atomic mass is 10.1. The molecule has 0 amide bonds. The standard InChI is InChI=1S/C10H17N/c1-3-7-10(4-2)11-8-5-6-9-11/h2,10H,3,5-9H2,1H3. The SMILES string of the molecule is C#CC(CCC)N1CCCC1. The minimum Gasteiger partial charge on any atom is -0.290 e. The van der Waals surface area contributed by atoms with Crippen LogP contribution < -0.4 is 0 Å². The second-order valence-corrected chi connectivity index (χ2v) is 3.21. The summed E-state index contributed by atoms with van der Waals surface area (Å²) in [4.78, 5) is 2.43. The molecule has 1 heterocycles. The number of hydrogen-bond acceptors (Lipinski definition) is 1. The van der Waals surface area contributed by atoms with Crippen LogP contribution in [-0.4, -0.2) is 24.0 Å². The van der Waals surface area contributed by atoms with E-state index in [-0.39, 0.29) is 0 Å². The maximum atomic E-state index is 5.45. The van der Waals surface area contributed by atoms with Gasteiger partial charge < -0.3 is 0 Å². The molecule has 0 aromatic carbocycles. The van der Waals surface area contributed by atoms with Gasteiger partial charge in [-0.1, -0.05) is 19.3 Å². The number of hydrogen-bond donors (Lipinski definition) is 0. The molecule has 1 aliphatic heterocycles. The molecule has 0 aliphatic carbocycles. The van der Waals surface area contributed by atoms with Crippen LogP contribution in [0.15, 0.2) is 0 Å². The largest absolute Gasteiger partial charge is 0.290 e. The minimum absolute atomic E-state index is 0.419. The number of nitrogens with zero attached hydrogens (tertiary/aromatic N) is 1. The van der Waals surface area contributed by atoms with Crippen molar-refractivity contribution >= 4 is 0 Å². The van der Waals surface area contributed by atoms with Crippen molar-refractivity contribution in [3.05, 3.63) is 0 Å². The van der Waals surface area contributed by atoms with Crippen LogP contribution >= 0.6 is 0 Å². The van der Waals surface area contributed by atoms with Gasteiger partial charge in [-0.25, -0.2) is 0 Å². The second-order valence-electron chi connectivity index (χ2n) is 3.21. The average Bonchev–Trinajstić information content (AvgIpc) is 2.52. The Hall–Kier alpha value is -0.480. The van der Waals surface area contributed by atoms with Crippen molar-refractivity contribution in [3.63, 3.8) is 0 Å². The molecule has 11 heavy (non-hydrogen) atoms. The van der Waals surface area contributed by atoms with Gasteiger partial charge in [-0.2, -0.15) is 0 Å². The van der Waals surface area contributed by atoms with Crippen LogP contribution in [0.5, 0.6) is 0 Å². The van der Waals surface area contributed by atoms with Gasteiger partial charge in [0.2, 0.25) is 0 Å². The Kier molecular flexibility index (Phi) is 3.45. The molecule has 1 saturated heterocycles. The van der Waals surface area contributed by atoms with E-state index < -0.39 is 0 Å². The van der Waals surface area contributed by atoms with E-state index in [9.17, 15) is 0 Å². The fraction of sp³-hybridized carbons (Fsp3) is 0.800. The Morgan fingerprint density at radius 1 is 1.45 bits per heavy atom. The number of terminal acetylenes is 1. The Bertz CT molecular complexity index is 139. The first-order chi connectivity index (χ1) is 5.38. The van der Waals surface area contributed by atoms with Crippen LogP contribution in [0.2, 0.25) is 0 Å². The Morgan fingerprint density at radius 2 is 2.09 bits per heavy atom. The lowest BCUT2D eigenvalue weighted by molar-refractivity contribution is 0.279. The van der Waals surface area contributed by atoms with E-state index in [0.717, 1.165) is 6.42 Å². The summed E-state index contributed by atoms with van der Waals surface area (Å²) in [5.74, 6) is 2.87. The van der Waals surface area contributed by atoms with Crippen LogP contribution in [0.3, 0.4) is 0 Å². The lowest BCUT2D eigenvalue weighted by Gasteiger charge is -2.21. The first kappa shape index (κ1) is 8.62. The van der Waals surface area contributed by atoms with E-state index >= 15 is 0 Å². The highest BCUT2D eigenvalue weighted by Gasteiger charge is 2.18. The molecule has 1 fully saturated rings. The van der Waals surface area contributed by atoms with Gasteiger partial charge >= 0.3 is 0 Å². The van der Waals surface area contributed by atoms with E-state index in [1.165, 1.54) is 32.4 Å². The van der Waals surface area contributed by atoms with Crippen molar-refractivity contribution in [1.82, 2.24) is 4.90 Å². The number of likely N-dealkylation sites (tertiary alicyclic amines) is 1. The van der Waals surface area contributed by atoms with Crippen LogP contribution in [0, 0.1) is 12.3 Å². The molecule has 0 radical (unpaired) electrons. The first-order valence-electron chi connectivity index (χ1n) is 4.58. The molecule has 0 aromatic rings. The zero-order chi connectivity index (χ0) is 8.10.